The first kappa shape index (κ1) is 14.5. The predicted octanol–water partition coefficient (Wildman–Crippen LogP) is 2.33. The summed E-state index contributed by atoms with van der Waals surface area (Å²) < 4.78 is 11.0. The minimum atomic E-state index is -0.428. The Morgan fingerprint density at radius 2 is 2.00 bits per heavy atom. The van der Waals surface area contributed by atoms with E-state index in [4.69, 9.17) is 19.6 Å². The van der Waals surface area contributed by atoms with Crippen LogP contribution in [0.25, 0.3) is 0 Å². The third kappa shape index (κ3) is 4.05. The Morgan fingerprint density at radius 1 is 1.35 bits per heavy atom. The molecule has 5 nitrogen and oxygen atoms in total. The van der Waals surface area contributed by atoms with Crippen LogP contribution in [-0.4, -0.2) is 31.8 Å². The highest BCUT2D eigenvalue weighted by molar-refractivity contribution is 6.11. The summed E-state index contributed by atoms with van der Waals surface area (Å²) in [6, 6.07) is 11.2. The summed E-state index contributed by atoms with van der Waals surface area (Å²) in [5.41, 5.74) is 0.991. The first-order valence-corrected chi connectivity index (χ1v) is 6.49. The molecule has 1 aliphatic rings. The molecule has 1 aromatic rings. The van der Waals surface area contributed by atoms with Gasteiger partial charge in [0.25, 0.3) is 0 Å². The van der Waals surface area contributed by atoms with Gasteiger partial charge < -0.3 is 14.3 Å². The first-order chi connectivity index (χ1) is 9.61. The van der Waals surface area contributed by atoms with Gasteiger partial charge >= 0.3 is 0 Å². The quantitative estimate of drug-likeness (QED) is 0.624. The van der Waals surface area contributed by atoms with Crippen molar-refractivity contribution in [2.24, 2.45) is 10.6 Å². The molecule has 0 amide bonds. The van der Waals surface area contributed by atoms with Crippen molar-refractivity contribution in [1.29, 1.82) is 5.26 Å². The summed E-state index contributed by atoms with van der Waals surface area (Å²) in [6.45, 7) is 5.56. The molecule has 0 unspecified atom stereocenters. The van der Waals surface area contributed by atoms with Gasteiger partial charge in [0, 0.05) is 11.0 Å². The molecule has 106 valence electrons. The molecule has 1 fully saturated rings. The minimum absolute atomic E-state index is 0.0294. The van der Waals surface area contributed by atoms with Gasteiger partial charge in [-0.2, -0.15) is 5.26 Å². The highest BCUT2D eigenvalue weighted by Gasteiger charge is 2.28. The van der Waals surface area contributed by atoms with Crippen LogP contribution in [0.4, 0.5) is 0 Å². The van der Waals surface area contributed by atoms with E-state index in [2.05, 4.69) is 19.0 Å². The number of hydrogen-bond acceptors (Lipinski definition) is 5. The molecule has 0 atom stereocenters. The van der Waals surface area contributed by atoms with Gasteiger partial charge in [0.15, 0.2) is 18.6 Å². The van der Waals surface area contributed by atoms with Crippen LogP contribution in [0.15, 0.2) is 35.5 Å². The number of rotatable bonds is 4. The van der Waals surface area contributed by atoms with Crippen LogP contribution in [0.2, 0.25) is 0 Å². The molecule has 0 radical (unpaired) electrons. The highest BCUT2D eigenvalue weighted by Crippen LogP contribution is 2.22. The van der Waals surface area contributed by atoms with Gasteiger partial charge in [-0.15, -0.1) is 0 Å². The van der Waals surface area contributed by atoms with Crippen LogP contribution < -0.4 is 0 Å². The summed E-state index contributed by atoms with van der Waals surface area (Å²) in [7, 11) is 0. The Labute approximate surface area is 118 Å². The molecule has 20 heavy (non-hydrogen) atoms. The van der Waals surface area contributed by atoms with Crippen LogP contribution in [0.3, 0.4) is 0 Å². The van der Waals surface area contributed by atoms with Crippen molar-refractivity contribution in [1.82, 2.24) is 0 Å². The summed E-state index contributed by atoms with van der Waals surface area (Å²) >= 11 is 0. The molecule has 5 heteroatoms. The first-order valence-electron chi connectivity index (χ1n) is 6.49. The maximum Gasteiger partial charge on any atom is 0.194 e. The van der Waals surface area contributed by atoms with Crippen LogP contribution in [0.5, 0.6) is 0 Å². The van der Waals surface area contributed by atoms with E-state index in [0.29, 0.717) is 13.2 Å². The minimum Gasteiger partial charge on any atom is -0.389 e. The second-order valence-corrected chi connectivity index (χ2v) is 5.43. The molecule has 0 aromatic heterocycles. The van der Waals surface area contributed by atoms with Gasteiger partial charge in [-0.05, 0) is 0 Å². The normalized spacial score (nSPS) is 19.4. The van der Waals surface area contributed by atoms with E-state index in [-0.39, 0.29) is 17.7 Å². The number of oxime groups is 1. The molecule has 1 heterocycles. The molecule has 0 spiro atoms. The van der Waals surface area contributed by atoms with Gasteiger partial charge in [-0.3, -0.25) is 0 Å². The lowest BCUT2D eigenvalue weighted by atomic mass is 9.96. The van der Waals surface area contributed by atoms with E-state index < -0.39 is 6.29 Å². The topological polar surface area (TPSA) is 63.8 Å². The van der Waals surface area contributed by atoms with Crippen LogP contribution in [-0.2, 0) is 14.3 Å². The van der Waals surface area contributed by atoms with E-state index in [0.717, 1.165) is 5.56 Å². The molecular weight excluding hydrogens is 256 g/mol. The lowest BCUT2D eigenvalue weighted by Gasteiger charge is -2.33. The van der Waals surface area contributed by atoms with Crippen molar-refractivity contribution in [3.05, 3.63) is 35.9 Å². The summed E-state index contributed by atoms with van der Waals surface area (Å²) in [5, 5.41) is 12.9. The molecule has 0 aliphatic carbocycles. The van der Waals surface area contributed by atoms with Crippen molar-refractivity contribution in [3.8, 4) is 6.07 Å². The second-order valence-electron chi connectivity index (χ2n) is 5.43. The molecule has 0 saturated carbocycles. The van der Waals surface area contributed by atoms with Gasteiger partial charge in [-0.1, -0.05) is 49.3 Å². The number of nitriles is 1. The number of nitrogens with zero attached hydrogens (tertiary/aromatic N) is 2. The molecule has 1 saturated heterocycles. The van der Waals surface area contributed by atoms with Crippen molar-refractivity contribution in [3.63, 3.8) is 0 Å². The van der Waals surface area contributed by atoms with E-state index >= 15 is 0 Å². The Hall–Kier alpha value is -1.90. The van der Waals surface area contributed by atoms with Crippen molar-refractivity contribution < 1.29 is 14.3 Å². The fraction of sp³-hybridized carbons (Fsp3) is 0.467. The van der Waals surface area contributed by atoms with Crippen LogP contribution >= 0.6 is 0 Å². The maximum absolute atomic E-state index is 9.06. The fourth-order valence-electron chi connectivity index (χ4n) is 1.72. The highest BCUT2D eigenvalue weighted by atomic mass is 16.7. The van der Waals surface area contributed by atoms with Crippen LogP contribution in [0.1, 0.15) is 19.4 Å². The molecular formula is C15H18N2O3. The average molecular weight is 274 g/mol. The zero-order valence-corrected chi connectivity index (χ0v) is 11.7. The second kappa shape index (κ2) is 6.51. The SMILES string of the molecule is CC1(C)COC(CO/N=C(\C#N)c2ccccc2)OC1. The average Bonchev–Trinajstić information content (AvgIpc) is 2.46. The summed E-state index contributed by atoms with van der Waals surface area (Å²) in [4.78, 5) is 5.16. The lowest BCUT2D eigenvalue weighted by molar-refractivity contribution is -0.239. The van der Waals surface area contributed by atoms with E-state index in [1.165, 1.54) is 0 Å². The van der Waals surface area contributed by atoms with E-state index in [1.54, 1.807) is 0 Å². The molecule has 1 aliphatic heterocycles. The maximum atomic E-state index is 9.06. The molecule has 0 N–H and O–H groups in total. The van der Waals surface area contributed by atoms with Crippen molar-refractivity contribution in [2.45, 2.75) is 20.1 Å². The Morgan fingerprint density at radius 3 is 2.60 bits per heavy atom. The van der Waals surface area contributed by atoms with E-state index in [9.17, 15) is 0 Å². The lowest BCUT2D eigenvalue weighted by Crippen LogP contribution is -2.39. The smallest absolute Gasteiger partial charge is 0.194 e. The van der Waals surface area contributed by atoms with Gasteiger partial charge in [0.2, 0.25) is 0 Å². The fourth-order valence-corrected chi connectivity index (χ4v) is 1.72. The van der Waals surface area contributed by atoms with Crippen LogP contribution in [0, 0.1) is 16.7 Å². The monoisotopic (exact) mass is 274 g/mol. The molecule has 2 rings (SSSR count). The Bertz CT molecular complexity index is 496. The zero-order chi connectivity index (χ0) is 14.4. The predicted molar refractivity (Wildman–Crippen MR) is 74.0 cm³/mol. The standard InChI is InChI=1S/C15H18N2O3/c1-15(2)10-18-14(19-11-15)9-20-17-13(8-16)12-6-4-3-5-7-12/h3-7,14H,9-11H2,1-2H3/b17-13+. The molecule has 1 aromatic carbocycles. The van der Waals surface area contributed by atoms with E-state index in [1.807, 2.05) is 36.4 Å². The number of benzene rings is 1. The Kier molecular flexibility index (Phi) is 4.72. The Balaban J connectivity index is 1.85. The third-order valence-corrected chi connectivity index (χ3v) is 2.84. The van der Waals surface area contributed by atoms with Gasteiger partial charge in [0.05, 0.1) is 13.2 Å². The van der Waals surface area contributed by atoms with Crippen molar-refractivity contribution >= 4 is 5.71 Å². The zero-order valence-electron chi connectivity index (χ0n) is 11.7. The number of hydrogen-bond donors (Lipinski definition) is 0. The largest absolute Gasteiger partial charge is 0.389 e. The summed E-state index contributed by atoms with van der Waals surface area (Å²) in [5.74, 6) is 0. The summed E-state index contributed by atoms with van der Waals surface area (Å²) in [6.07, 6.45) is -0.428. The van der Waals surface area contributed by atoms with Gasteiger partial charge in [0.1, 0.15) is 6.07 Å². The molecule has 0 bridgehead atoms. The van der Waals surface area contributed by atoms with Gasteiger partial charge in [-0.25, -0.2) is 0 Å². The van der Waals surface area contributed by atoms with Crippen molar-refractivity contribution in [2.75, 3.05) is 19.8 Å². The number of ether oxygens (including phenoxy) is 2. The third-order valence-electron chi connectivity index (χ3n) is 2.84.